The minimum absolute atomic E-state index is 0.156. The predicted octanol–water partition coefficient (Wildman–Crippen LogP) is 4.72. The summed E-state index contributed by atoms with van der Waals surface area (Å²) in [6.45, 7) is 3.33. The zero-order valence-electron chi connectivity index (χ0n) is 17.4. The summed E-state index contributed by atoms with van der Waals surface area (Å²) in [7, 11) is 0. The Morgan fingerprint density at radius 2 is 2.12 bits per heavy atom. The molecule has 2 aromatic heterocycles. The van der Waals surface area contributed by atoms with Crippen molar-refractivity contribution in [2.24, 2.45) is 0 Å². The Morgan fingerprint density at radius 1 is 1.28 bits per heavy atom. The van der Waals surface area contributed by atoms with Gasteiger partial charge in [0.15, 0.2) is 16.6 Å². The Balaban J connectivity index is 1.43. The molecule has 0 N–H and O–H groups in total. The lowest BCUT2D eigenvalue weighted by Crippen LogP contribution is -2.47. The fraction of sp³-hybridized carbons (Fsp3) is 0.261. The van der Waals surface area contributed by atoms with Crippen LogP contribution in [0.4, 0.5) is 5.13 Å². The highest BCUT2D eigenvalue weighted by Crippen LogP contribution is 2.35. The van der Waals surface area contributed by atoms with Gasteiger partial charge >= 0.3 is 0 Å². The second-order valence-electron chi connectivity index (χ2n) is 7.52. The Bertz CT molecular complexity index is 1260. The van der Waals surface area contributed by atoms with Gasteiger partial charge in [-0.25, -0.2) is 9.97 Å². The van der Waals surface area contributed by atoms with Gasteiger partial charge in [0.25, 0.3) is 5.91 Å². The van der Waals surface area contributed by atoms with E-state index in [0.717, 1.165) is 28.7 Å². The van der Waals surface area contributed by atoms with Crippen molar-refractivity contribution in [1.29, 1.82) is 0 Å². The number of hydrogen-bond acceptors (Lipinski definition) is 6. The molecular formula is C23H21ClN4O3S. The maximum absolute atomic E-state index is 13.6. The number of carbonyl (C=O) groups is 1. The Morgan fingerprint density at radius 3 is 2.94 bits per heavy atom. The molecule has 1 unspecified atom stereocenters. The topological polar surface area (TPSA) is 69.5 Å². The quantitative estimate of drug-likeness (QED) is 0.409. The number of aryl methyl sites for hydroxylation is 2. The van der Waals surface area contributed by atoms with Crippen molar-refractivity contribution in [2.75, 3.05) is 18.1 Å². The van der Waals surface area contributed by atoms with Crippen molar-refractivity contribution >= 4 is 44.2 Å². The van der Waals surface area contributed by atoms with E-state index in [1.165, 1.54) is 11.3 Å². The third-order valence-corrected chi connectivity index (χ3v) is 6.83. The number of rotatable bonds is 6. The molecule has 164 valence electrons. The van der Waals surface area contributed by atoms with Crippen molar-refractivity contribution in [2.45, 2.75) is 26.0 Å². The van der Waals surface area contributed by atoms with Crippen LogP contribution in [0.15, 0.2) is 55.1 Å². The highest BCUT2D eigenvalue weighted by molar-refractivity contribution is 7.22. The van der Waals surface area contributed by atoms with E-state index in [2.05, 4.69) is 4.98 Å². The molecule has 0 spiro atoms. The Labute approximate surface area is 194 Å². The first-order valence-corrected chi connectivity index (χ1v) is 11.5. The lowest BCUT2D eigenvalue weighted by molar-refractivity contribution is -0.127. The van der Waals surface area contributed by atoms with Crippen LogP contribution in [0.25, 0.3) is 10.2 Å². The number of halogens is 1. The van der Waals surface area contributed by atoms with E-state index in [0.29, 0.717) is 28.2 Å². The average molecular weight is 469 g/mol. The maximum atomic E-state index is 13.6. The lowest BCUT2D eigenvalue weighted by Gasteiger charge is -2.29. The largest absolute Gasteiger partial charge is 0.485 e. The first-order valence-electron chi connectivity index (χ1n) is 10.3. The molecule has 0 saturated heterocycles. The van der Waals surface area contributed by atoms with Gasteiger partial charge in [-0.2, -0.15) is 0 Å². The average Bonchev–Trinajstić information content (AvgIpc) is 3.49. The van der Waals surface area contributed by atoms with E-state index in [-0.39, 0.29) is 12.5 Å². The number of ether oxygens (including phenoxy) is 2. The van der Waals surface area contributed by atoms with Gasteiger partial charge in [-0.15, -0.1) is 0 Å². The summed E-state index contributed by atoms with van der Waals surface area (Å²) in [5.74, 6) is 1.05. The number of para-hydroxylation sites is 2. The van der Waals surface area contributed by atoms with E-state index in [9.17, 15) is 4.79 Å². The molecule has 1 aliphatic heterocycles. The van der Waals surface area contributed by atoms with Gasteiger partial charge < -0.3 is 14.0 Å². The fourth-order valence-electron chi connectivity index (χ4n) is 3.65. The number of imidazole rings is 1. The highest BCUT2D eigenvalue weighted by Gasteiger charge is 2.33. The first-order chi connectivity index (χ1) is 15.6. The van der Waals surface area contributed by atoms with Crippen molar-refractivity contribution in [3.63, 3.8) is 0 Å². The molecule has 1 aliphatic rings. The summed E-state index contributed by atoms with van der Waals surface area (Å²) in [4.78, 5) is 24.1. The lowest BCUT2D eigenvalue weighted by atomic mass is 10.2. The predicted molar refractivity (Wildman–Crippen MR) is 125 cm³/mol. The molecular weight excluding hydrogens is 448 g/mol. The molecule has 0 saturated carbocycles. The van der Waals surface area contributed by atoms with Gasteiger partial charge in [0.2, 0.25) is 6.10 Å². The number of aromatic nitrogens is 3. The van der Waals surface area contributed by atoms with Crippen LogP contribution in [0.1, 0.15) is 12.0 Å². The number of thiazole rings is 1. The van der Waals surface area contributed by atoms with E-state index in [1.807, 2.05) is 48.0 Å². The minimum atomic E-state index is -0.741. The van der Waals surface area contributed by atoms with E-state index in [4.69, 9.17) is 26.1 Å². The molecule has 0 fully saturated rings. The summed E-state index contributed by atoms with van der Waals surface area (Å²) in [5, 5.41) is 1.29. The SMILES string of the molecule is Cc1c(Cl)ccc2sc(N(CCCn3ccnc3)C(=O)C3COc4ccccc4O3)nc12. The van der Waals surface area contributed by atoms with Gasteiger partial charge in [0, 0.05) is 30.5 Å². The van der Waals surface area contributed by atoms with Gasteiger partial charge in [-0.3, -0.25) is 9.69 Å². The van der Waals surface area contributed by atoms with E-state index >= 15 is 0 Å². The van der Waals surface area contributed by atoms with Crippen LogP contribution in [0.5, 0.6) is 11.5 Å². The van der Waals surface area contributed by atoms with Crippen molar-refractivity contribution in [3.8, 4) is 11.5 Å². The van der Waals surface area contributed by atoms with Gasteiger partial charge in [0.05, 0.1) is 16.5 Å². The minimum Gasteiger partial charge on any atom is -0.485 e. The number of hydrogen-bond donors (Lipinski definition) is 0. The summed E-state index contributed by atoms with van der Waals surface area (Å²) < 4.78 is 14.7. The Kier molecular flexibility index (Phi) is 5.71. The van der Waals surface area contributed by atoms with E-state index < -0.39 is 6.10 Å². The number of anilines is 1. The molecule has 3 heterocycles. The molecule has 4 aromatic rings. The maximum Gasteiger partial charge on any atom is 0.273 e. The number of amides is 1. The number of carbonyl (C=O) groups excluding carboxylic acids is 1. The summed E-state index contributed by atoms with van der Waals surface area (Å²) in [6, 6.07) is 11.2. The molecule has 0 radical (unpaired) electrons. The fourth-order valence-corrected chi connectivity index (χ4v) is 4.86. The summed E-state index contributed by atoms with van der Waals surface area (Å²) in [5.41, 5.74) is 1.72. The third-order valence-electron chi connectivity index (χ3n) is 5.37. The van der Waals surface area contributed by atoms with Crippen LogP contribution in [0.3, 0.4) is 0 Å². The molecule has 5 rings (SSSR count). The molecule has 32 heavy (non-hydrogen) atoms. The van der Waals surface area contributed by atoms with Crippen LogP contribution in [-0.4, -0.2) is 39.7 Å². The third kappa shape index (κ3) is 4.03. The second kappa shape index (κ2) is 8.80. The number of fused-ring (bicyclic) bond motifs is 2. The number of nitrogens with zero attached hydrogens (tertiary/aromatic N) is 4. The molecule has 1 atom stereocenters. The van der Waals surface area contributed by atoms with Gasteiger partial charge in [-0.05, 0) is 43.2 Å². The smallest absolute Gasteiger partial charge is 0.273 e. The highest BCUT2D eigenvalue weighted by atomic mass is 35.5. The van der Waals surface area contributed by atoms with E-state index in [1.54, 1.807) is 23.5 Å². The van der Waals surface area contributed by atoms with Crippen LogP contribution < -0.4 is 14.4 Å². The molecule has 7 nitrogen and oxygen atoms in total. The van der Waals surface area contributed by atoms with Crippen LogP contribution in [0, 0.1) is 6.92 Å². The van der Waals surface area contributed by atoms with Crippen molar-refractivity contribution in [1.82, 2.24) is 14.5 Å². The van der Waals surface area contributed by atoms with Gasteiger partial charge in [0.1, 0.15) is 6.61 Å². The zero-order valence-corrected chi connectivity index (χ0v) is 19.0. The normalized spacial score (nSPS) is 15.1. The summed E-state index contributed by atoms with van der Waals surface area (Å²) in [6.07, 6.45) is 5.42. The Hall–Kier alpha value is -3.10. The van der Waals surface area contributed by atoms with Crippen LogP contribution in [0.2, 0.25) is 5.02 Å². The standard InChI is InChI=1S/C23H21ClN4O3S/c1-15-16(24)7-8-20-21(15)26-23(32-20)28(11-4-10-27-12-9-25-14-27)22(29)19-13-30-17-5-2-3-6-18(17)31-19/h2-3,5-9,12,14,19H,4,10-11,13H2,1H3. The monoisotopic (exact) mass is 468 g/mol. The van der Waals surface area contributed by atoms with Crippen LogP contribution >= 0.6 is 22.9 Å². The van der Waals surface area contributed by atoms with Crippen LogP contribution in [-0.2, 0) is 11.3 Å². The molecule has 2 aromatic carbocycles. The second-order valence-corrected chi connectivity index (χ2v) is 8.94. The first kappa shape index (κ1) is 20.8. The summed E-state index contributed by atoms with van der Waals surface area (Å²) >= 11 is 7.76. The van der Waals surface area contributed by atoms with Gasteiger partial charge in [-0.1, -0.05) is 35.1 Å². The molecule has 0 aliphatic carbocycles. The molecule has 1 amide bonds. The molecule has 0 bridgehead atoms. The van der Waals surface area contributed by atoms with Crippen molar-refractivity contribution < 1.29 is 14.3 Å². The zero-order chi connectivity index (χ0) is 22.1. The van der Waals surface area contributed by atoms with Crippen molar-refractivity contribution in [3.05, 3.63) is 65.7 Å². The molecule has 9 heteroatoms. The number of benzene rings is 2.